The molecule has 1 aromatic carbocycles. The Bertz CT molecular complexity index is 1290. The number of benzene rings is 1. The molecule has 1 fully saturated rings. The molecule has 0 unspecified atom stereocenters. The van der Waals surface area contributed by atoms with Gasteiger partial charge in [-0.15, -0.1) is 0 Å². The number of aromatic carboxylic acids is 1. The number of anilines is 2. The van der Waals surface area contributed by atoms with Crippen molar-refractivity contribution in [2.75, 3.05) is 23.7 Å². The third kappa shape index (κ3) is 2.94. The van der Waals surface area contributed by atoms with Crippen molar-refractivity contribution >= 4 is 40.0 Å². The number of carboxylic acid groups (broad SMARTS) is 1. The van der Waals surface area contributed by atoms with E-state index in [1.807, 2.05) is 0 Å². The summed E-state index contributed by atoms with van der Waals surface area (Å²) in [4.78, 5) is 29.3. The van der Waals surface area contributed by atoms with Crippen LogP contribution in [0.25, 0.3) is 16.7 Å². The molecule has 4 rings (SSSR count). The number of hydrogen-bond acceptors (Lipinski definition) is 6. The number of rotatable bonds is 3. The average molecular weight is 441 g/mol. The molecule has 3 aromatic rings. The van der Waals surface area contributed by atoms with Gasteiger partial charge in [0.15, 0.2) is 29.1 Å². The molecule has 0 aliphatic carbocycles. The number of carboxylic acids is 1. The molecule has 0 radical (unpaired) electrons. The highest BCUT2D eigenvalue weighted by atomic mass is 35.5. The molecule has 0 bridgehead atoms. The van der Waals surface area contributed by atoms with E-state index in [-0.39, 0.29) is 29.7 Å². The van der Waals surface area contributed by atoms with Crippen LogP contribution in [-0.2, 0) is 0 Å². The lowest BCUT2D eigenvalue weighted by Crippen LogP contribution is -2.51. The van der Waals surface area contributed by atoms with Crippen molar-refractivity contribution in [1.82, 2.24) is 9.55 Å². The molecule has 1 aliphatic heterocycles. The summed E-state index contributed by atoms with van der Waals surface area (Å²) in [7, 11) is 0. The molecular weight excluding hydrogens is 429 g/mol. The molecule has 1 saturated heterocycles. The number of aliphatic hydroxyl groups is 1. The SMILES string of the molecule is Nc1nc(-n2cc(C(=O)O)c(=O)c3cc(N4CC(O)C4)c(F)c(Cl)c32)c(F)cc1F. The fraction of sp³-hybridized carbons (Fsp3) is 0.167. The normalized spacial score (nSPS) is 14.2. The van der Waals surface area contributed by atoms with Crippen LogP contribution in [0.15, 0.2) is 23.1 Å². The Hall–Kier alpha value is -3.31. The quantitative estimate of drug-likeness (QED) is 0.568. The van der Waals surface area contributed by atoms with Crippen LogP contribution >= 0.6 is 11.6 Å². The molecular formula is C18H12ClF3N4O4. The predicted molar refractivity (Wildman–Crippen MR) is 102 cm³/mol. The van der Waals surface area contributed by atoms with Gasteiger partial charge in [0.05, 0.1) is 22.7 Å². The van der Waals surface area contributed by atoms with Gasteiger partial charge in [0, 0.05) is 25.4 Å². The first kappa shape index (κ1) is 20.0. The van der Waals surface area contributed by atoms with Crippen molar-refractivity contribution in [3.63, 3.8) is 0 Å². The summed E-state index contributed by atoms with van der Waals surface area (Å²) >= 11 is 6.15. The molecule has 4 N–H and O–H groups in total. The first-order chi connectivity index (χ1) is 14.1. The van der Waals surface area contributed by atoms with Crippen LogP contribution in [0.1, 0.15) is 10.4 Å². The van der Waals surface area contributed by atoms with Crippen molar-refractivity contribution in [1.29, 1.82) is 0 Å². The van der Waals surface area contributed by atoms with Gasteiger partial charge in [0.2, 0.25) is 5.43 Å². The summed E-state index contributed by atoms with van der Waals surface area (Å²) in [6, 6.07) is 1.49. The maximum Gasteiger partial charge on any atom is 0.341 e. The molecule has 1 aliphatic rings. The van der Waals surface area contributed by atoms with Crippen molar-refractivity contribution in [3.05, 3.63) is 56.6 Å². The fourth-order valence-electron chi connectivity index (χ4n) is 3.25. The van der Waals surface area contributed by atoms with Gasteiger partial charge in [-0.25, -0.2) is 22.9 Å². The number of aliphatic hydroxyl groups excluding tert-OH is 1. The minimum absolute atomic E-state index is 0.0796. The topological polar surface area (TPSA) is 122 Å². The van der Waals surface area contributed by atoms with Crippen LogP contribution in [0.2, 0.25) is 5.02 Å². The molecule has 8 nitrogen and oxygen atoms in total. The van der Waals surface area contributed by atoms with E-state index in [1.165, 1.54) is 4.90 Å². The zero-order valence-electron chi connectivity index (χ0n) is 14.9. The summed E-state index contributed by atoms with van der Waals surface area (Å²) in [6.45, 7) is 0.159. The van der Waals surface area contributed by atoms with Gasteiger partial charge < -0.3 is 20.8 Å². The number of fused-ring (bicyclic) bond motifs is 1. The Balaban J connectivity index is 2.12. The predicted octanol–water partition coefficient (Wildman–Crippen LogP) is 1.92. The van der Waals surface area contributed by atoms with Crippen molar-refractivity contribution < 1.29 is 28.2 Å². The standard InChI is InChI=1S/C18H12ClF3N4O4/c19-12-13(22)11(25-3-6(27)4-25)1-7-14(12)26(5-8(15(7)28)18(29)30)17-10(21)2-9(20)16(23)24-17/h1-2,5-6,27H,3-4H2,(H2,23,24)(H,29,30). The molecule has 30 heavy (non-hydrogen) atoms. The van der Waals surface area contributed by atoms with Crippen molar-refractivity contribution in [3.8, 4) is 5.82 Å². The second-order valence-electron chi connectivity index (χ2n) is 6.69. The highest BCUT2D eigenvalue weighted by Gasteiger charge is 2.30. The average Bonchev–Trinajstić information content (AvgIpc) is 2.65. The third-order valence-electron chi connectivity index (χ3n) is 4.75. The second-order valence-corrected chi connectivity index (χ2v) is 7.06. The molecule has 0 spiro atoms. The number of β-amino-alcohol motifs (C(OH)–C–C–N with tert-alkyl or cyclic N) is 1. The maximum atomic E-state index is 15.0. The summed E-state index contributed by atoms with van der Waals surface area (Å²) in [5.41, 5.74) is 3.12. The van der Waals surface area contributed by atoms with Gasteiger partial charge in [-0.1, -0.05) is 11.6 Å². The molecule has 0 atom stereocenters. The van der Waals surface area contributed by atoms with Crippen LogP contribution in [0.5, 0.6) is 0 Å². The Morgan fingerprint density at radius 1 is 1.23 bits per heavy atom. The maximum absolute atomic E-state index is 15.0. The molecule has 2 aromatic heterocycles. The van der Waals surface area contributed by atoms with Crippen LogP contribution in [0, 0.1) is 17.5 Å². The summed E-state index contributed by atoms with van der Waals surface area (Å²) in [5, 5.41) is 17.9. The van der Waals surface area contributed by atoms with Crippen molar-refractivity contribution in [2.24, 2.45) is 0 Å². The smallest absolute Gasteiger partial charge is 0.341 e. The Morgan fingerprint density at radius 3 is 2.50 bits per heavy atom. The monoisotopic (exact) mass is 440 g/mol. The van der Waals surface area contributed by atoms with Gasteiger partial charge >= 0.3 is 5.97 Å². The molecule has 156 valence electrons. The van der Waals surface area contributed by atoms with Gasteiger partial charge in [-0.2, -0.15) is 0 Å². The number of aromatic nitrogens is 2. The van der Waals surface area contributed by atoms with E-state index >= 15 is 0 Å². The number of nitrogens with two attached hydrogens (primary N) is 1. The van der Waals surface area contributed by atoms with Gasteiger partial charge in [0.1, 0.15) is 10.6 Å². The lowest BCUT2D eigenvalue weighted by atomic mass is 10.1. The van der Waals surface area contributed by atoms with E-state index in [4.69, 9.17) is 17.3 Å². The summed E-state index contributed by atoms with van der Waals surface area (Å²) < 4.78 is 43.7. The van der Waals surface area contributed by atoms with E-state index in [0.29, 0.717) is 12.3 Å². The van der Waals surface area contributed by atoms with Gasteiger partial charge in [0.25, 0.3) is 0 Å². The molecule has 0 saturated carbocycles. The molecule has 0 amide bonds. The lowest BCUT2D eigenvalue weighted by molar-refractivity contribution is 0.0695. The first-order valence-electron chi connectivity index (χ1n) is 8.45. The van der Waals surface area contributed by atoms with Crippen LogP contribution in [-0.4, -0.2) is 44.9 Å². The lowest BCUT2D eigenvalue weighted by Gasteiger charge is -2.38. The van der Waals surface area contributed by atoms with E-state index in [2.05, 4.69) is 4.98 Å². The third-order valence-corrected chi connectivity index (χ3v) is 5.09. The zero-order chi connectivity index (χ0) is 21.9. The largest absolute Gasteiger partial charge is 0.477 e. The molecule has 3 heterocycles. The second kappa shape index (κ2) is 6.89. The fourth-order valence-corrected chi connectivity index (χ4v) is 3.54. The Morgan fingerprint density at radius 2 is 1.90 bits per heavy atom. The molecule has 12 heteroatoms. The number of nitrogens with zero attached hydrogens (tertiary/aromatic N) is 3. The highest BCUT2D eigenvalue weighted by Crippen LogP contribution is 2.36. The van der Waals surface area contributed by atoms with Crippen LogP contribution in [0.3, 0.4) is 0 Å². The van der Waals surface area contributed by atoms with E-state index in [0.717, 1.165) is 10.6 Å². The summed E-state index contributed by atoms with van der Waals surface area (Å²) in [6.07, 6.45) is 0.0232. The number of carbonyl (C=O) groups is 1. The zero-order valence-corrected chi connectivity index (χ0v) is 15.6. The van der Waals surface area contributed by atoms with Crippen molar-refractivity contribution in [2.45, 2.75) is 6.10 Å². The minimum Gasteiger partial charge on any atom is -0.477 e. The number of halogens is 4. The van der Waals surface area contributed by atoms with Gasteiger partial charge in [-0.3, -0.25) is 9.36 Å². The minimum atomic E-state index is -1.63. The number of nitrogen functional groups attached to an aromatic ring is 1. The summed E-state index contributed by atoms with van der Waals surface area (Å²) in [5.74, 6) is -6.37. The number of pyridine rings is 2. The first-order valence-corrected chi connectivity index (χ1v) is 8.83. The Labute approximate surface area is 170 Å². The van der Waals surface area contributed by atoms with Gasteiger partial charge in [-0.05, 0) is 6.07 Å². The highest BCUT2D eigenvalue weighted by molar-refractivity contribution is 6.35. The van der Waals surface area contributed by atoms with E-state index in [9.17, 15) is 33.0 Å². The van der Waals surface area contributed by atoms with Crippen LogP contribution in [0.4, 0.5) is 24.7 Å². The van der Waals surface area contributed by atoms with E-state index < -0.39 is 57.2 Å². The number of hydrogen-bond donors (Lipinski definition) is 3. The van der Waals surface area contributed by atoms with Crippen LogP contribution < -0.4 is 16.1 Å². The Kier molecular flexibility index (Phi) is 4.59. The van der Waals surface area contributed by atoms with E-state index in [1.54, 1.807) is 0 Å².